The highest BCUT2D eigenvalue weighted by molar-refractivity contribution is 9.10. The van der Waals surface area contributed by atoms with E-state index in [9.17, 15) is 4.79 Å². The van der Waals surface area contributed by atoms with Crippen LogP contribution in [-0.2, 0) is 11.2 Å². The Hall–Kier alpha value is -1.68. The van der Waals surface area contributed by atoms with Crippen LogP contribution in [0, 0.1) is 0 Å². The average Bonchev–Trinajstić information content (AvgIpc) is 2.46. The van der Waals surface area contributed by atoms with E-state index in [1.54, 1.807) is 12.4 Å². The van der Waals surface area contributed by atoms with Gasteiger partial charge in [0.2, 0.25) is 5.91 Å². The molecule has 1 heterocycles. The van der Waals surface area contributed by atoms with Gasteiger partial charge >= 0.3 is 0 Å². The van der Waals surface area contributed by atoms with Crippen molar-refractivity contribution in [2.24, 2.45) is 0 Å². The molecule has 0 spiro atoms. The predicted molar refractivity (Wildman–Crippen MR) is 83.3 cm³/mol. The van der Waals surface area contributed by atoms with Crippen molar-refractivity contribution >= 4 is 21.8 Å². The highest BCUT2D eigenvalue weighted by Gasteiger charge is 2.09. The first-order chi connectivity index (χ1) is 9.65. The van der Waals surface area contributed by atoms with Crippen molar-refractivity contribution < 1.29 is 4.79 Å². The normalized spacial score (nSPS) is 11.9. The zero-order chi connectivity index (χ0) is 14.4. The summed E-state index contributed by atoms with van der Waals surface area (Å²) >= 11 is 3.44. The molecule has 1 aromatic heterocycles. The first kappa shape index (κ1) is 14.7. The summed E-state index contributed by atoms with van der Waals surface area (Å²) in [6.45, 7) is 1.99. The molecule has 2 aromatic rings. The van der Waals surface area contributed by atoms with Crippen LogP contribution in [0.4, 0.5) is 0 Å². The average molecular weight is 333 g/mol. The van der Waals surface area contributed by atoms with Crippen molar-refractivity contribution in [1.29, 1.82) is 0 Å². The van der Waals surface area contributed by atoms with Crippen LogP contribution in [0.1, 0.15) is 30.5 Å². The molecule has 0 radical (unpaired) electrons. The molecule has 3 nitrogen and oxygen atoms in total. The SMILES string of the molecule is C[C@@H](NC(=O)CCc1cccnc1)c1cccc(Br)c1. The van der Waals surface area contributed by atoms with Crippen LogP contribution in [0.2, 0.25) is 0 Å². The Morgan fingerprint density at radius 3 is 2.90 bits per heavy atom. The summed E-state index contributed by atoms with van der Waals surface area (Å²) < 4.78 is 1.02. The van der Waals surface area contributed by atoms with E-state index in [4.69, 9.17) is 0 Å². The molecule has 0 bridgehead atoms. The Labute approximate surface area is 127 Å². The van der Waals surface area contributed by atoms with E-state index in [1.165, 1.54) is 0 Å². The first-order valence-electron chi connectivity index (χ1n) is 6.59. The van der Waals surface area contributed by atoms with Crippen molar-refractivity contribution in [2.45, 2.75) is 25.8 Å². The summed E-state index contributed by atoms with van der Waals surface area (Å²) in [5.41, 5.74) is 2.17. The van der Waals surface area contributed by atoms with Crippen molar-refractivity contribution in [3.8, 4) is 0 Å². The largest absolute Gasteiger partial charge is 0.350 e. The number of hydrogen-bond donors (Lipinski definition) is 1. The van der Waals surface area contributed by atoms with Crippen molar-refractivity contribution in [2.75, 3.05) is 0 Å². The van der Waals surface area contributed by atoms with Gasteiger partial charge in [-0.2, -0.15) is 0 Å². The third-order valence-corrected chi connectivity index (χ3v) is 3.58. The second kappa shape index (κ2) is 7.20. The fourth-order valence-electron chi connectivity index (χ4n) is 1.98. The maximum Gasteiger partial charge on any atom is 0.220 e. The molecular weight excluding hydrogens is 316 g/mol. The topological polar surface area (TPSA) is 42.0 Å². The van der Waals surface area contributed by atoms with Gasteiger partial charge in [-0.3, -0.25) is 9.78 Å². The zero-order valence-electron chi connectivity index (χ0n) is 11.3. The fraction of sp³-hybridized carbons (Fsp3) is 0.250. The predicted octanol–water partition coefficient (Wildman–Crippen LogP) is 3.65. The highest BCUT2D eigenvalue weighted by Crippen LogP contribution is 2.17. The second-order valence-electron chi connectivity index (χ2n) is 4.71. The van der Waals surface area contributed by atoms with Crippen LogP contribution in [0.25, 0.3) is 0 Å². The summed E-state index contributed by atoms with van der Waals surface area (Å²) in [7, 11) is 0. The molecule has 1 atom stereocenters. The number of carbonyl (C=O) groups excluding carboxylic acids is 1. The molecule has 104 valence electrons. The summed E-state index contributed by atoms with van der Waals surface area (Å²) in [6.07, 6.45) is 4.72. The number of nitrogens with one attached hydrogen (secondary N) is 1. The van der Waals surface area contributed by atoms with E-state index in [1.807, 2.05) is 43.3 Å². The fourth-order valence-corrected chi connectivity index (χ4v) is 2.39. The molecular formula is C16H17BrN2O. The van der Waals surface area contributed by atoms with Crippen LogP contribution < -0.4 is 5.32 Å². The third-order valence-electron chi connectivity index (χ3n) is 3.09. The van der Waals surface area contributed by atoms with E-state index in [0.717, 1.165) is 15.6 Å². The van der Waals surface area contributed by atoms with E-state index < -0.39 is 0 Å². The van der Waals surface area contributed by atoms with Gasteiger partial charge in [0.1, 0.15) is 0 Å². The van der Waals surface area contributed by atoms with Gasteiger partial charge in [-0.25, -0.2) is 0 Å². The number of pyridine rings is 1. The van der Waals surface area contributed by atoms with Crippen LogP contribution in [0.3, 0.4) is 0 Å². The van der Waals surface area contributed by atoms with Gasteiger partial charge in [0.15, 0.2) is 0 Å². The lowest BCUT2D eigenvalue weighted by atomic mass is 10.1. The minimum Gasteiger partial charge on any atom is -0.350 e. The molecule has 1 amide bonds. The molecule has 0 aliphatic rings. The van der Waals surface area contributed by atoms with Gasteiger partial charge in [0.05, 0.1) is 6.04 Å². The number of hydrogen-bond acceptors (Lipinski definition) is 2. The van der Waals surface area contributed by atoms with Gasteiger partial charge in [-0.1, -0.05) is 34.1 Å². The smallest absolute Gasteiger partial charge is 0.220 e. The Kier molecular flexibility index (Phi) is 5.30. The molecule has 0 fully saturated rings. The van der Waals surface area contributed by atoms with Crippen LogP contribution in [0.15, 0.2) is 53.3 Å². The number of benzene rings is 1. The zero-order valence-corrected chi connectivity index (χ0v) is 12.9. The lowest BCUT2D eigenvalue weighted by molar-refractivity contribution is -0.121. The summed E-state index contributed by atoms with van der Waals surface area (Å²) in [5.74, 6) is 0.0568. The number of amides is 1. The Morgan fingerprint density at radius 1 is 1.35 bits per heavy atom. The molecule has 0 saturated heterocycles. The summed E-state index contributed by atoms with van der Waals surface area (Å²) in [6, 6.07) is 11.9. The number of nitrogens with zero attached hydrogens (tertiary/aromatic N) is 1. The molecule has 0 unspecified atom stereocenters. The monoisotopic (exact) mass is 332 g/mol. The van der Waals surface area contributed by atoms with Gasteiger partial charge in [-0.05, 0) is 42.7 Å². The van der Waals surface area contributed by atoms with E-state index >= 15 is 0 Å². The van der Waals surface area contributed by atoms with Crippen molar-refractivity contribution in [1.82, 2.24) is 10.3 Å². The van der Waals surface area contributed by atoms with E-state index in [-0.39, 0.29) is 11.9 Å². The van der Waals surface area contributed by atoms with Gasteiger partial charge in [-0.15, -0.1) is 0 Å². The lowest BCUT2D eigenvalue weighted by Crippen LogP contribution is -2.26. The van der Waals surface area contributed by atoms with Gasteiger partial charge < -0.3 is 5.32 Å². The van der Waals surface area contributed by atoms with Gasteiger partial charge in [0, 0.05) is 23.3 Å². The third kappa shape index (κ3) is 4.46. The maximum atomic E-state index is 11.9. The Morgan fingerprint density at radius 2 is 2.20 bits per heavy atom. The quantitative estimate of drug-likeness (QED) is 0.907. The van der Waals surface area contributed by atoms with Crippen LogP contribution in [0.5, 0.6) is 0 Å². The number of carbonyl (C=O) groups is 1. The van der Waals surface area contributed by atoms with E-state index in [2.05, 4.69) is 26.2 Å². The minimum absolute atomic E-state index is 0.00824. The first-order valence-corrected chi connectivity index (χ1v) is 7.38. The summed E-state index contributed by atoms with van der Waals surface area (Å²) in [5, 5.41) is 3.01. The van der Waals surface area contributed by atoms with Crippen molar-refractivity contribution in [3.63, 3.8) is 0 Å². The molecule has 4 heteroatoms. The molecule has 1 aromatic carbocycles. The standard InChI is InChI=1S/C16H17BrN2O/c1-12(14-5-2-6-15(17)10-14)19-16(20)8-7-13-4-3-9-18-11-13/h2-6,9-12H,7-8H2,1H3,(H,19,20)/t12-/m1/s1. The molecule has 1 N–H and O–H groups in total. The molecule has 0 saturated carbocycles. The number of rotatable bonds is 5. The number of aryl methyl sites for hydroxylation is 1. The molecule has 2 rings (SSSR count). The molecule has 20 heavy (non-hydrogen) atoms. The Balaban J connectivity index is 1.85. The number of aromatic nitrogens is 1. The van der Waals surface area contributed by atoms with Crippen LogP contribution in [-0.4, -0.2) is 10.9 Å². The highest BCUT2D eigenvalue weighted by atomic mass is 79.9. The summed E-state index contributed by atoms with van der Waals surface area (Å²) in [4.78, 5) is 16.0. The second-order valence-corrected chi connectivity index (χ2v) is 5.62. The Bertz CT molecular complexity index is 572. The van der Waals surface area contributed by atoms with E-state index in [0.29, 0.717) is 12.8 Å². The minimum atomic E-state index is 0.00824. The maximum absolute atomic E-state index is 11.9. The van der Waals surface area contributed by atoms with Crippen LogP contribution >= 0.6 is 15.9 Å². The van der Waals surface area contributed by atoms with Gasteiger partial charge in [0.25, 0.3) is 0 Å². The number of halogens is 1. The molecule has 0 aliphatic heterocycles. The molecule has 0 aliphatic carbocycles. The lowest BCUT2D eigenvalue weighted by Gasteiger charge is -2.14. The van der Waals surface area contributed by atoms with Crippen molar-refractivity contribution in [3.05, 3.63) is 64.4 Å².